The Hall–Kier alpha value is -3.38. The van der Waals surface area contributed by atoms with E-state index in [-0.39, 0.29) is 29.7 Å². The Balaban J connectivity index is 1.15. The van der Waals surface area contributed by atoms with Crippen LogP contribution in [-0.2, 0) is 17.6 Å². The first-order valence-corrected chi connectivity index (χ1v) is 15.7. The minimum atomic E-state index is -0.180. The lowest BCUT2D eigenvalue weighted by Crippen LogP contribution is -2.41. The summed E-state index contributed by atoms with van der Waals surface area (Å²) >= 11 is 5.09. The average molecular weight is 640 g/mol. The molecule has 7 rings (SSSR count). The van der Waals surface area contributed by atoms with Crippen LogP contribution in [0.3, 0.4) is 0 Å². The Morgan fingerprint density at radius 1 is 1.22 bits per heavy atom. The molecule has 214 valence electrons. The number of benzene rings is 1. The van der Waals surface area contributed by atoms with Gasteiger partial charge in [-0.1, -0.05) is 0 Å². The Bertz CT molecular complexity index is 1560. The quantitative estimate of drug-likeness (QED) is 0.321. The fraction of sp³-hybridized carbons (Fsp3) is 0.448. The van der Waals surface area contributed by atoms with Crippen molar-refractivity contribution in [2.24, 2.45) is 11.8 Å². The van der Waals surface area contributed by atoms with Gasteiger partial charge >= 0.3 is 0 Å². The van der Waals surface area contributed by atoms with E-state index in [9.17, 15) is 14.4 Å². The molecule has 1 aliphatic heterocycles. The van der Waals surface area contributed by atoms with Gasteiger partial charge in [0.1, 0.15) is 16.6 Å². The number of carbonyl (C=O) groups excluding carboxylic acids is 3. The standard InChI is InChI=1S/C29H31BrN6O4S/c1-40-18-7-8-21(20(30)11-18)36-14-33-25-24(29(36)39)32-13-35(25)17-6-9-22-19(10-17)23(27(38)31-12-15-2-3-15)28(41-22)34-26(37)16-4-5-16/h7-8,11,13,15-17,33H,2-6,9-10,12,14H2,1H3,(H,31,38)(H,34,37)/t17-/m0/s1. The number of aryl methyl sites for hydroxylation is 1. The number of fused-ring (bicyclic) bond motifs is 2. The molecule has 3 amide bonds. The third-order valence-electron chi connectivity index (χ3n) is 8.38. The van der Waals surface area contributed by atoms with Gasteiger partial charge < -0.3 is 25.3 Å². The molecule has 2 fully saturated rings. The maximum absolute atomic E-state index is 13.5. The van der Waals surface area contributed by atoms with E-state index in [4.69, 9.17) is 4.74 Å². The number of imidazole rings is 1. The van der Waals surface area contributed by atoms with Crippen molar-refractivity contribution in [2.75, 3.05) is 35.9 Å². The molecular formula is C29H31BrN6O4S. The molecule has 41 heavy (non-hydrogen) atoms. The Morgan fingerprint density at radius 2 is 2.05 bits per heavy atom. The van der Waals surface area contributed by atoms with Gasteiger partial charge in [-0.2, -0.15) is 0 Å². The largest absolute Gasteiger partial charge is 0.497 e. The molecule has 1 aromatic carbocycles. The molecule has 2 saturated carbocycles. The van der Waals surface area contributed by atoms with E-state index in [1.54, 1.807) is 18.3 Å². The number of ether oxygens (including phenoxy) is 1. The first-order valence-electron chi connectivity index (χ1n) is 14.1. The SMILES string of the molecule is COc1ccc(N2CNc3c(ncn3[C@H]3CCc4sc(NC(=O)C5CC5)c(C(=O)NCC5CC5)c4C3)C2=O)c(Br)c1. The molecule has 10 nitrogen and oxygen atoms in total. The van der Waals surface area contributed by atoms with Crippen molar-refractivity contribution >= 4 is 61.5 Å². The van der Waals surface area contributed by atoms with Crippen molar-refractivity contribution in [2.45, 2.75) is 51.0 Å². The van der Waals surface area contributed by atoms with Crippen LogP contribution in [0, 0.1) is 11.8 Å². The summed E-state index contributed by atoms with van der Waals surface area (Å²) in [4.78, 5) is 47.0. The molecule has 4 aliphatic rings. The Kier molecular flexibility index (Phi) is 6.77. The highest BCUT2D eigenvalue weighted by molar-refractivity contribution is 9.10. The van der Waals surface area contributed by atoms with Gasteiger partial charge in [0.15, 0.2) is 5.69 Å². The van der Waals surface area contributed by atoms with Crippen molar-refractivity contribution in [3.63, 3.8) is 0 Å². The number of aromatic nitrogens is 2. The summed E-state index contributed by atoms with van der Waals surface area (Å²) in [5.41, 5.74) is 2.71. The predicted octanol–water partition coefficient (Wildman–Crippen LogP) is 4.96. The number of nitrogens with one attached hydrogen (secondary N) is 3. The van der Waals surface area contributed by atoms with Crippen LogP contribution in [0.5, 0.6) is 5.75 Å². The van der Waals surface area contributed by atoms with Crippen LogP contribution in [-0.4, -0.2) is 47.6 Å². The normalized spacial score (nSPS) is 19.7. The lowest BCUT2D eigenvalue weighted by atomic mass is 9.90. The number of methoxy groups -OCH3 is 1. The van der Waals surface area contributed by atoms with Gasteiger partial charge in [-0.3, -0.25) is 19.3 Å². The van der Waals surface area contributed by atoms with E-state index in [2.05, 4.69) is 36.9 Å². The van der Waals surface area contributed by atoms with E-state index < -0.39 is 0 Å². The molecule has 0 saturated heterocycles. The number of nitrogens with zero attached hydrogens (tertiary/aromatic N) is 3. The van der Waals surface area contributed by atoms with Crippen molar-refractivity contribution in [3.8, 4) is 5.75 Å². The molecular weight excluding hydrogens is 608 g/mol. The highest BCUT2D eigenvalue weighted by atomic mass is 79.9. The van der Waals surface area contributed by atoms with Crippen LogP contribution >= 0.6 is 27.3 Å². The molecule has 3 aromatic rings. The number of anilines is 3. The Labute approximate surface area is 250 Å². The minimum absolute atomic E-state index is 0.0100. The number of carbonyl (C=O) groups is 3. The summed E-state index contributed by atoms with van der Waals surface area (Å²) in [6, 6.07) is 5.52. The van der Waals surface area contributed by atoms with Crippen LogP contribution in [0.1, 0.15) is 69.4 Å². The average Bonchev–Trinajstić information content (AvgIpc) is 3.90. The van der Waals surface area contributed by atoms with Crippen LogP contribution < -0.4 is 25.6 Å². The third-order valence-corrected chi connectivity index (χ3v) is 10.2. The number of rotatable bonds is 8. The zero-order chi connectivity index (χ0) is 28.2. The topological polar surface area (TPSA) is 118 Å². The first-order chi connectivity index (χ1) is 19.9. The molecule has 12 heteroatoms. The maximum atomic E-state index is 13.5. The number of hydrogen-bond donors (Lipinski definition) is 3. The van der Waals surface area contributed by atoms with Gasteiger partial charge in [0.25, 0.3) is 11.8 Å². The monoisotopic (exact) mass is 638 g/mol. The summed E-state index contributed by atoms with van der Waals surface area (Å²) in [6.07, 6.45) is 8.12. The van der Waals surface area contributed by atoms with Gasteiger partial charge in [0.2, 0.25) is 5.91 Å². The molecule has 0 unspecified atom stereocenters. The molecule has 3 heterocycles. The summed E-state index contributed by atoms with van der Waals surface area (Å²) in [6.45, 7) is 0.968. The van der Waals surface area contributed by atoms with Crippen LogP contribution in [0.4, 0.5) is 16.5 Å². The van der Waals surface area contributed by atoms with Crippen molar-refractivity contribution in [1.82, 2.24) is 14.9 Å². The summed E-state index contributed by atoms with van der Waals surface area (Å²) in [7, 11) is 1.60. The maximum Gasteiger partial charge on any atom is 0.282 e. The van der Waals surface area contributed by atoms with E-state index in [0.29, 0.717) is 53.4 Å². The van der Waals surface area contributed by atoms with E-state index in [1.165, 1.54) is 11.3 Å². The minimum Gasteiger partial charge on any atom is -0.497 e. The molecule has 3 N–H and O–H groups in total. The second-order valence-electron chi connectivity index (χ2n) is 11.3. The van der Waals surface area contributed by atoms with Gasteiger partial charge in [0, 0.05) is 27.9 Å². The molecule has 2 aromatic heterocycles. The van der Waals surface area contributed by atoms with Gasteiger partial charge in [-0.15, -0.1) is 11.3 Å². The molecule has 3 aliphatic carbocycles. The highest BCUT2D eigenvalue weighted by Gasteiger charge is 2.37. The summed E-state index contributed by atoms with van der Waals surface area (Å²) in [5.74, 6) is 1.73. The van der Waals surface area contributed by atoms with E-state index >= 15 is 0 Å². The predicted molar refractivity (Wildman–Crippen MR) is 160 cm³/mol. The summed E-state index contributed by atoms with van der Waals surface area (Å²) < 4.78 is 8.09. The second kappa shape index (κ2) is 10.5. The van der Waals surface area contributed by atoms with Gasteiger partial charge in [-0.05, 0) is 90.6 Å². The zero-order valence-electron chi connectivity index (χ0n) is 22.7. The van der Waals surface area contributed by atoms with Crippen molar-refractivity contribution < 1.29 is 19.1 Å². The number of amides is 3. The smallest absolute Gasteiger partial charge is 0.282 e. The van der Waals surface area contributed by atoms with E-state index in [1.807, 2.05) is 22.8 Å². The highest BCUT2D eigenvalue weighted by Crippen LogP contribution is 2.44. The van der Waals surface area contributed by atoms with Crippen LogP contribution in [0.25, 0.3) is 0 Å². The second-order valence-corrected chi connectivity index (χ2v) is 13.2. The lowest BCUT2D eigenvalue weighted by Gasteiger charge is -2.31. The van der Waals surface area contributed by atoms with Crippen molar-refractivity contribution in [3.05, 3.63) is 50.7 Å². The number of halogens is 1. The number of thiophene rings is 1. The summed E-state index contributed by atoms with van der Waals surface area (Å²) in [5, 5.41) is 10.3. The molecule has 0 radical (unpaired) electrons. The fourth-order valence-electron chi connectivity index (χ4n) is 5.69. The fourth-order valence-corrected chi connectivity index (χ4v) is 7.51. The molecule has 1 atom stereocenters. The third kappa shape index (κ3) is 5.01. The van der Waals surface area contributed by atoms with Crippen LogP contribution in [0.15, 0.2) is 29.0 Å². The lowest BCUT2D eigenvalue weighted by molar-refractivity contribution is -0.117. The van der Waals surface area contributed by atoms with Crippen molar-refractivity contribution in [1.29, 1.82) is 0 Å². The van der Waals surface area contributed by atoms with Gasteiger partial charge in [0.05, 0.1) is 31.4 Å². The Morgan fingerprint density at radius 3 is 2.78 bits per heavy atom. The number of hydrogen-bond acceptors (Lipinski definition) is 7. The van der Waals surface area contributed by atoms with Crippen LogP contribution in [0.2, 0.25) is 0 Å². The molecule has 0 spiro atoms. The molecule has 0 bridgehead atoms. The van der Waals surface area contributed by atoms with Gasteiger partial charge in [-0.25, -0.2) is 4.98 Å². The first kappa shape index (κ1) is 26.5. The zero-order valence-corrected chi connectivity index (χ0v) is 25.1. The van der Waals surface area contributed by atoms with E-state index in [0.717, 1.165) is 59.1 Å².